The first kappa shape index (κ1) is 19.8. The minimum Gasteiger partial charge on any atom is -0.378 e. The fourth-order valence-electron chi connectivity index (χ4n) is 2.54. The van der Waals surface area contributed by atoms with Crippen LogP contribution in [0, 0.1) is 11.6 Å². The van der Waals surface area contributed by atoms with Crippen LogP contribution in [0.5, 0.6) is 0 Å². The summed E-state index contributed by atoms with van der Waals surface area (Å²) >= 11 is 0. The molecule has 0 aliphatic carbocycles. The number of benzene rings is 2. The number of nitrogens with one attached hydrogen (secondary N) is 1. The van der Waals surface area contributed by atoms with Crippen LogP contribution in [-0.2, 0) is 11.3 Å². The number of halogens is 2. The third-order valence-corrected chi connectivity index (χ3v) is 4.30. The molecule has 6 heteroatoms. The van der Waals surface area contributed by atoms with Gasteiger partial charge in [-0.3, -0.25) is 4.79 Å². The van der Waals surface area contributed by atoms with Crippen LogP contribution in [-0.4, -0.2) is 38.5 Å². The Hall–Kier alpha value is -2.47. The van der Waals surface area contributed by atoms with Gasteiger partial charge in [-0.15, -0.1) is 0 Å². The van der Waals surface area contributed by atoms with Crippen LogP contribution in [0.15, 0.2) is 42.5 Å². The predicted octanol–water partition coefficient (Wildman–Crippen LogP) is 3.34. The van der Waals surface area contributed by atoms with E-state index in [1.807, 2.05) is 43.3 Å². The molecule has 0 saturated heterocycles. The number of carbonyl (C=O) groups excluding carboxylic acids is 1. The largest absolute Gasteiger partial charge is 0.378 e. The van der Waals surface area contributed by atoms with Crippen LogP contribution >= 0.6 is 0 Å². The maximum atomic E-state index is 13.3. The molecule has 0 spiro atoms. The van der Waals surface area contributed by atoms with Gasteiger partial charge >= 0.3 is 0 Å². The highest BCUT2D eigenvalue weighted by atomic mass is 19.2. The van der Waals surface area contributed by atoms with E-state index in [1.54, 1.807) is 18.9 Å². The van der Waals surface area contributed by atoms with Gasteiger partial charge in [-0.2, -0.15) is 0 Å². The number of hydrogen-bond acceptors (Lipinski definition) is 3. The summed E-state index contributed by atoms with van der Waals surface area (Å²) in [5, 5.41) is 3.05. The molecule has 0 bridgehead atoms. The smallest absolute Gasteiger partial charge is 0.236 e. The standard InChI is InChI=1S/C20H25F2N3O/c1-14(16-7-10-18(21)19(22)11-16)23-12-20(26)25(4)13-15-5-8-17(9-6-15)24(2)3/h5-11,14,23H,12-13H2,1-4H3/t14-/m0/s1. The zero-order valence-electron chi connectivity index (χ0n) is 15.6. The molecule has 0 fully saturated rings. The number of carbonyl (C=O) groups is 1. The van der Waals surface area contributed by atoms with Crippen LogP contribution < -0.4 is 10.2 Å². The van der Waals surface area contributed by atoms with E-state index in [-0.39, 0.29) is 18.5 Å². The van der Waals surface area contributed by atoms with Crippen molar-refractivity contribution in [1.29, 1.82) is 0 Å². The number of anilines is 1. The summed E-state index contributed by atoms with van der Waals surface area (Å²) in [5.41, 5.74) is 2.74. The van der Waals surface area contributed by atoms with Crippen molar-refractivity contribution >= 4 is 11.6 Å². The zero-order valence-corrected chi connectivity index (χ0v) is 15.6. The molecular formula is C20H25F2N3O. The minimum absolute atomic E-state index is 0.0730. The van der Waals surface area contributed by atoms with Gasteiger partial charge in [-0.25, -0.2) is 8.78 Å². The Kier molecular flexibility index (Phi) is 6.69. The monoisotopic (exact) mass is 361 g/mol. The highest BCUT2D eigenvalue weighted by Gasteiger charge is 2.13. The lowest BCUT2D eigenvalue weighted by Crippen LogP contribution is -2.36. The molecule has 26 heavy (non-hydrogen) atoms. The molecule has 1 atom stereocenters. The molecule has 0 heterocycles. The van der Waals surface area contributed by atoms with Crippen LogP contribution in [0.3, 0.4) is 0 Å². The normalized spacial score (nSPS) is 11.9. The lowest BCUT2D eigenvalue weighted by atomic mass is 10.1. The summed E-state index contributed by atoms with van der Waals surface area (Å²) in [7, 11) is 5.70. The predicted molar refractivity (Wildman–Crippen MR) is 100 cm³/mol. The van der Waals surface area contributed by atoms with E-state index in [1.165, 1.54) is 6.07 Å². The van der Waals surface area contributed by atoms with Crippen molar-refractivity contribution in [1.82, 2.24) is 10.2 Å². The molecular weight excluding hydrogens is 336 g/mol. The van der Waals surface area contributed by atoms with Crippen molar-refractivity contribution in [3.63, 3.8) is 0 Å². The average Bonchev–Trinajstić information content (AvgIpc) is 2.62. The number of hydrogen-bond donors (Lipinski definition) is 1. The Morgan fingerprint density at radius 1 is 1.04 bits per heavy atom. The van der Waals surface area contributed by atoms with Gasteiger partial charge in [-0.05, 0) is 42.3 Å². The topological polar surface area (TPSA) is 35.6 Å². The average molecular weight is 361 g/mol. The van der Waals surface area contributed by atoms with Gasteiger partial charge < -0.3 is 15.1 Å². The molecule has 2 aromatic carbocycles. The van der Waals surface area contributed by atoms with Gasteiger partial charge in [0.05, 0.1) is 6.54 Å². The van der Waals surface area contributed by atoms with E-state index in [0.29, 0.717) is 12.1 Å². The summed E-state index contributed by atoms with van der Waals surface area (Å²) in [6, 6.07) is 11.5. The number of rotatable bonds is 7. The molecule has 0 unspecified atom stereocenters. The van der Waals surface area contributed by atoms with Crippen molar-refractivity contribution in [2.75, 3.05) is 32.6 Å². The minimum atomic E-state index is -0.888. The molecule has 0 radical (unpaired) electrons. The van der Waals surface area contributed by atoms with E-state index in [0.717, 1.165) is 23.4 Å². The van der Waals surface area contributed by atoms with Crippen molar-refractivity contribution < 1.29 is 13.6 Å². The summed E-state index contributed by atoms with van der Waals surface area (Å²) in [6.45, 7) is 2.43. The molecule has 0 saturated carbocycles. The Bertz CT molecular complexity index is 747. The van der Waals surface area contributed by atoms with Gasteiger partial charge in [0.2, 0.25) is 5.91 Å². The first-order valence-corrected chi connectivity index (χ1v) is 8.46. The first-order valence-electron chi connectivity index (χ1n) is 8.46. The van der Waals surface area contributed by atoms with E-state index in [9.17, 15) is 13.6 Å². The van der Waals surface area contributed by atoms with Crippen molar-refractivity contribution in [3.05, 3.63) is 65.2 Å². The number of amides is 1. The molecule has 2 rings (SSSR count). The van der Waals surface area contributed by atoms with Gasteiger partial charge in [0.15, 0.2) is 11.6 Å². The third-order valence-electron chi connectivity index (χ3n) is 4.30. The summed E-state index contributed by atoms with van der Waals surface area (Å²) < 4.78 is 26.3. The van der Waals surface area contributed by atoms with E-state index in [4.69, 9.17) is 0 Å². The van der Waals surface area contributed by atoms with Crippen LogP contribution in [0.2, 0.25) is 0 Å². The Labute approximate surface area is 153 Å². The van der Waals surface area contributed by atoms with Gasteiger partial charge in [-0.1, -0.05) is 18.2 Å². The molecule has 4 nitrogen and oxygen atoms in total. The second-order valence-corrected chi connectivity index (χ2v) is 6.59. The second-order valence-electron chi connectivity index (χ2n) is 6.59. The number of likely N-dealkylation sites (N-methyl/N-ethyl adjacent to an activating group) is 1. The van der Waals surface area contributed by atoms with Crippen molar-refractivity contribution in [2.24, 2.45) is 0 Å². The molecule has 1 N–H and O–H groups in total. The molecule has 0 aliphatic rings. The van der Waals surface area contributed by atoms with Crippen LogP contribution in [0.25, 0.3) is 0 Å². The fraction of sp³-hybridized carbons (Fsp3) is 0.350. The highest BCUT2D eigenvalue weighted by Crippen LogP contribution is 2.16. The lowest BCUT2D eigenvalue weighted by molar-refractivity contribution is -0.129. The molecule has 0 aromatic heterocycles. The van der Waals surface area contributed by atoms with E-state index < -0.39 is 11.6 Å². The SMILES string of the molecule is C[C@H](NCC(=O)N(C)Cc1ccc(N(C)C)cc1)c1ccc(F)c(F)c1. The van der Waals surface area contributed by atoms with Gasteiger partial charge in [0.1, 0.15) is 0 Å². The highest BCUT2D eigenvalue weighted by molar-refractivity contribution is 5.78. The fourth-order valence-corrected chi connectivity index (χ4v) is 2.54. The maximum Gasteiger partial charge on any atom is 0.236 e. The van der Waals surface area contributed by atoms with Crippen LogP contribution in [0.4, 0.5) is 14.5 Å². The Balaban J connectivity index is 1.87. The van der Waals surface area contributed by atoms with Gasteiger partial charge in [0.25, 0.3) is 0 Å². The second kappa shape index (κ2) is 8.76. The number of nitrogens with zero attached hydrogens (tertiary/aromatic N) is 2. The summed E-state index contributed by atoms with van der Waals surface area (Å²) in [4.78, 5) is 16.0. The van der Waals surface area contributed by atoms with Gasteiger partial charge in [0, 0.05) is 39.4 Å². The Morgan fingerprint density at radius 3 is 2.27 bits per heavy atom. The third kappa shape index (κ3) is 5.26. The Morgan fingerprint density at radius 2 is 1.69 bits per heavy atom. The quantitative estimate of drug-likeness (QED) is 0.822. The zero-order chi connectivity index (χ0) is 19.3. The molecule has 140 valence electrons. The summed E-state index contributed by atoms with van der Waals surface area (Å²) in [5.74, 6) is -1.84. The van der Waals surface area contributed by atoms with E-state index >= 15 is 0 Å². The maximum absolute atomic E-state index is 13.3. The summed E-state index contributed by atoms with van der Waals surface area (Å²) in [6.07, 6.45) is 0. The van der Waals surface area contributed by atoms with Crippen molar-refractivity contribution in [2.45, 2.75) is 19.5 Å². The molecule has 1 amide bonds. The van der Waals surface area contributed by atoms with E-state index in [2.05, 4.69) is 5.32 Å². The van der Waals surface area contributed by atoms with Crippen LogP contribution in [0.1, 0.15) is 24.1 Å². The first-order chi connectivity index (χ1) is 12.3. The molecule has 0 aliphatic heterocycles. The molecule has 2 aromatic rings. The van der Waals surface area contributed by atoms with Crippen molar-refractivity contribution in [3.8, 4) is 0 Å². The lowest BCUT2D eigenvalue weighted by Gasteiger charge is -2.20.